The van der Waals surface area contributed by atoms with Crippen molar-refractivity contribution in [2.45, 2.75) is 26.3 Å². The van der Waals surface area contributed by atoms with Crippen LogP contribution in [0.5, 0.6) is 11.5 Å². The first-order chi connectivity index (χ1) is 17.6. The Bertz CT molecular complexity index is 1300. The molecule has 2 heterocycles. The van der Waals surface area contributed by atoms with E-state index in [2.05, 4.69) is 9.97 Å². The molecule has 36 heavy (non-hydrogen) atoms. The summed E-state index contributed by atoms with van der Waals surface area (Å²) in [6, 6.07) is 20.5. The maximum Gasteiger partial charge on any atom is 0.338 e. The van der Waals surface area contributed by atoms with Crippen molar-refractivity contribution in [1.82, 2.24) is 9.97 Å². The molecule has 0 amide bonds. The van der Waals surface area contributed by atoms with Gasteiger partial charge in [-0.25, -0.2) is 4.79 Å². The predicted molar refractivity (Wildman–Crippen MR) is 139 cm³/mol. The molecule has 1 N–H and O–H groups in total. The molecule has 0 saturated heterocycles. The van der Waals surface area contributed by atoms with E-state index in [0.717, 1.165) is 16.9 Å². The van der Waals surface area contributed by atoms with Crippen molar-refractivity contribution in [2.75, 3.05) is 18.6 Å². The molecular formula is C29H29N3O4. The van der Waals surface area contributed by atoms with Gasteiger partial charge in [-0.2, -0.15) is 0 Å². The second-order valence-corrected chi connectivity index (χ2v) is 8.15. The van der Waals surface area contributed by atoms with Gasteiger partial charge in [0.2, 0.25) is 0 Å². The summed E-state index contributed by atoms with van der Waals surface area (Å²) in [5.41, 5.74) is 4.34. The lowest BCUT2D eigenvalue weighted by Gasteiger charge is -2.27. The molecule has 0 aliphatic carbocycles. The number of nitrogens with zero attached hydrogens (tertiary/aromatic N) is 3. The molecule has 0 radical (unpaired) electrons. The molecule has 4 aromatic rings. The third-order valence-electron chi connectivity index (χ3n) is 5.82. The summed E-state index contributed by atoms with van der Waals surface area (Å²) < 4.78 is 10.8. The van der Waals surface area contributed by atoms with Gasteiger partial charge in [0.05, 0.1) is 25.0 Å². The number of aromatic hydroxyl groups is 1. The number of ether oxygens (including phenoxy) is 2. The lowest BCUT2D eigenvalue weighted by molar-refractivity contribution is 0.0526. The number of phenolic OH excluding ortho intramolecular Hbond substituents is 1. The van der Waals surface area contributed by atoms with Gasteiger partial charge in [0, 0.05) is 42.1 Å². The van der Waals surface area contributed by atoms with Crippen molar-refractivity contribution < 1.29 is 19.4 Å². The van der Waals surface area contributed by atoms with Crippen LogP contribution >= 0.6 is 0 Å². The molecule has 7 heteroatoms. The summed E-state index contributed by atoms with van der Waals surface area (Å²) in [4.78, 5) is 23.0. The average molecular weight is 484 g/mol. The molecule has 0 fully saturated rings. The minimum atomic E-state index is -0.393. The Hall–Kier alpha value is -4.39. The quantitative estimate of drug-likeness (QED) is 0.299. The number of methoxy groups -OCH3 is 1. The molecule has 0 aliphatic heterocycles. The number of carbonyl (C=O) groups is 1. The molecule has 0 saturated carbocycles. The van der Waals surface area contributed by atoms with Gasteiger partial charge in [0.25, 0.3) is 0 Å². The topological polar surface area (TPSA) is 84.8 Å². The largest absolute Gasteiger partial charge is 0.505 e. The summed E-state index contributed by atoms with van der Waals surface area (Å²) in [6.07, 6.45) is 6.45. The van der Waals surface area contributed by atoms with Crippen LogP contribution in [0.3, 0.4) is 0 Å². The second-order valence-electron chi connectivity index (χ2n) is 8.15. The highest BCUT2D eigenvalue weighted by molar-refractivity contribution is 5.91. The predicted octanol–water partition coefficient (Wildman–Crippen LogP) is 5.49. The van der Waals surface area contributed by atoms with Crippen LogP contribution in [0.15, 0.2) is 85.3 Å². The summed E-state index contributed by atoms with van der Waals surface area (Å²) in [6.45, 7) is 2.50. The number of hydrogen-bond acceptors (Lipinski definition) is 7. The molecule has 184 valence electrons. The van der Waals surface area contributed by atoms with E-state index in [4.69, 9.17) is 9.47 Å². The van der Waals surface area contributed by atoms with Gasteiger partial charge in [-0.05, 0) is 73.9 Å². The molecule has 0 unspecified atom stereocenters. The first kappa shape index (κ1) is 24.7. The Morgan fingerprint density at radius 2 is 1.89 bits per heavy atom. The fourth-order valence-electron chi connectivity index (χ4n) is 4.06. The van der Waals surface area contributed by atoms with Crippen molar-refractivity contribution >= 4 is 17.3 Å². The van der Waals surface area contributed by atoms with Crippen molar-refractivity contribution in [3.05, 3.63) is 108 Å². The standard InChI is InChI=1S/C29H29N3O4/c1-3-36-29(34)22-9-6-11-24(18-22)32(20-21-8-7-16-30-19-21)26-14-15-27(35-2)25(28(26)33)13-12-23-10-4-5-17-31-23/h4-11,14-19,33H,3,12-13,20H2,1-2H3. The number of esters is 1. The molecular weight excluding hydrogens is 454 g/mol. The molecule has 0 aliphatic rings. The van der Waals surface area contributed by atoms with Crippen LogP contribution in [-0.4, -0.2) is 34.8 Å². The summed E-state index contributed by atoms with van der Waals surface area (Å²) >= 11 is 0. The van der Waals surface area contributed by atoms with Crippen LogP contribution in [0.4, 0.5) is 11.4 Å². The zero-order valence-corrected chi connectivity index (χ0v) is 20.4. The zero-order chi connectivity index (χ0) is 25.3. The van der Waals surface area contributed by atoms with E-state index >= 15 is 0 Å². The van der Waals surface area contributed by atoms with Crippen LogP contribution in [0.2, 0.25) is 0 Å². The van der Waals surface area contributed by atoms with E-state index in [1.165, 1.54) is 0 Å². The van der Waals surface area contributed by atoms with Gasteiger partial charge in [0.1, 0.15) is 11.5 Å². The number of hydrogen-bond donors (Lipinski definition) is 1. The lowest BCUT2D eigenvalue weighted by Crippen LogP contribution is -2.18. The Morgan fingerprint density at radius 3 is 2.61 bits per heavy atom. The second kappa shape index (κ2) is 11.8. The van der Waals surface area contributed by atoms with Gasteiger partial charge in [-0.3, -0.25) is 9.97 Å². The molecule has 0 atom stereocenters. The van der Waals surface area contributed by atoms with Crippen LogP contribution in [0.25, 0.3) is 0 Å². The van der Waals surface area contributed by atoms with Gasteiger partial charge in [-0.1, -0.05) is 18.2 Å². The Morgan fingerprint density at radius 1 is 1.00 bits per heavy atom. The number of aromatic nitrogens is 2. The van der Waals surface area contributed by atoms with Crippen LogP contribution in [0.1, 0.15) is 34.1 Å². The summed E-state index contributed by atoms with van der Waals surface area (Å²) in [5.74, 6) is 0.333. The van der Waals surface area contributed by atoms with Crippen molar-refractivity contribution in [2.24, 2.45) is 0 Å². The number of aryl methyl sites for hydroxylation is 1. The number of carbonyl (C=O) groups excluding carboxylic acids is 1. The van der Waals surface area contributed by atoms with E-state index in [9.17, 15) is 9.90 Å². The zero-order valence-electron chi connectivity index (χ0n) is 20.4. The van der Waals surface area contributed by atoms with Gasteiger partial charge in [-0.15, -0.1) is 0 Å². The monoisotopic (exact) mass is 483 g/mol. The van der Waals surface area contributed by atoms with Crippen molar-refractivity contribution in [3.8, 4) is 11.5 Å². The average Bonchev–Trinajstić information content (AvgIpc) is 2.92. The first-order valence-electron chi connectivity index (χ1n) is 11.8. The highest BCUT2D eigenvalue weighted by Crippen LogP contribution is 2.41. The van der Waals surface area contributed by atoms with Gasteiger partial charge < -0.3 is 19.5 Å². The lowest BCUT2D eigenvalue weighted by atomic mass is 10.0. The van der Waals surface area contributed by atoms with Crippen LogP contribution in [0, 0.1) is 0 Å². The number of benzene rings is 2. The molecule has 0 bridgehead atoms. The molecule has 2 aromatic heterocycles. The van der Waals surface area contributed by atoms with Gasteiger partial charge >= 0.3 is 5.97 Å². The fraction of sp³-hybridized carbons (Fsp3) is 0.207. The van der Waals surface area contributed by atoms with E-state index < -0.39 is 5.97 Å². The number of pyridine rings is 2. The van der Waals surface area contributed by atoms with Crippen molar-refractivity contribution in [3.63, 3.8) is 0 Å². The number of rotatable bonds is 10. The number of anilines is 2. The van der Waals surface area contributed by atoms with Gasteiger partial charge in [0.15, 0.2) is 0 Å². The molecule has 4 rings (SSSR count). The Kier molecular flexibility index (Phi) is 8.13. The molecule has 0 spiro atoms. The fourth-order valence-corrected chi connectivity index (χ4v) is 4.06. The molecule has 2 aromatic carbocycles. The van der Waals surface area contributed by atoms with E-state index in [1.807, 2.05) is 53.4 Å². The van der Waals surface area contributed by atoms with Crippen LogP contribution < -0.4 is 9.64 Å². The highest BCUT2D eigenvalue weighted by atomic mass is 16.5. The Labute approximate surface area is 211 Å². The third kappa shape index (κ3) is 5.81. The van der Waals surface area contributed by atoms with Crippen LogP contribution in [-0.2, 0) is 24.1 Å². The normalized spacial score (nSPS) is 10.6. The Balaban J connectivity index is 1.76. The minimum absolute atomic E-state index is 0.121. The maximum absolute atomic E-state index is 12.4. The summed E-state index contributed by atoms with van der Waals surface area (Å²) in [5, 5.41) is 11.5. The smallest absolute Gasteiger partial charge is 0.338 e. The van der Waals surface area contributed by atoms with E-state index in [-0.39, 0.29) is 5.75 Å². The minimum Gasteiger partial charge on any atom is -0.505 e. The summed E-state index contributed by atoms with van der Waals surface area (Å²) in [7, 11) is 1.59. The maximum atomic E-state index is 12.4. The van der Waals surface area contributed by atoms with E-state index in [1.54, 1.807) is 50.8 Å². The first-order valence-corrected chi connectivity index (χ1v) is 11.8. The third-order valence-corrected chi connectivity index (χ3v) is 5.82. The number of phenols is 1. The molecule has 7 nitrogen and oxygen atoms in total. The van der Waals surface area contributed by atoms with Crippen molar-refractivity contribution in [1.29, 1.82) is 0 Å². The van der Waals surface area contributed by atoms with E-state index in [0.29, 0.717) is 48.6 Å². The SMILES string of the molecule is CCOC(=O)c1cccc(N(Cc2cccnc2)c2ccc(OC)c(CCc3ccccn3)c2O)c1. The highest BCUT2D eigenvalue weighted by Gasteiger charge is 2.21.